The van der Waals surface area contributed by atoms with Crippen LogP contribution in [0.4, 0.5) is 5.69 Å². The smallest absolute Gasteiger partial charge is 0.357 e. The largest absolute Gasteiger partial charge is 0.448 e. The number of aromatic nitrogens is 2. The van der Waals surface area contributed by atoms with Gasteiger partial charge in [-0.15, -0.1) is 0 Å². The molecule has 4 rings (SSSR count). The van der Waals surface area contributed by atoms with Gasteiger partial charge in [-0.3, -0.25) is 4.79 Å². The summed E-state index contributed by atoms with van der Waals surface area (Å²) in [6, 6.07) is 18.7. The second kappa shape index (κ2) is 7.91. The molecule has 0 radical (unpaired) electrons. The third kappa shape index (κ3) is 4.37. The highest BCUT2D eigenvalue weighted by Crippen LogP contribution is 2.39. The van der Waals surface area contributed by atoms with E-state index in [4.69, 9.17) is 4.74 Å². The fraction of sp³-hybridized carbons (Fsp3) is 0.261. The van der Waals surface area contributed by atoms with Crippen molar-refractivity contribution in [2.75, 3.05) is 5.32 Å². The van der Waals surface area contributed by atoms with Crippen LogP contribution < -0.4 is 5.32 Å². The highest BCUT2D eigenvalue weighted by Gasteiger charge is 2.30. The van der Waals surface area contributed by atoms with Gasteiger partial charge in [-0.2, -0.15) is 5.10 Å². The minimum absolute atomic E-state index is 0.327. The lowest BCUT2D eigenvalue weighted by molar-refractivity contribution is -0.123. The fourth-order valence-corrected chi connectivity index (χ4v) is 3.04. The number of hydrogen-bond donors (Lipinski definition) is 1. The lowest BCUT2D eigenvalue weighted by Gasteiger charge is -2.14. The standard InChI is InChI=1S/C23H23N3O3/c1-15-8-12-18(13-9-15)24-22(27)16(2)29-23(28)21-14-20(17-10-11-17)25-26(21)19-6-4-3-5-7-19/h3-9,12-14,16-17H,10-11H2,1-2H3,(H,24,27)/t16-/m1/s1. The van der Waals surface area contributed by atoms with Crippen LogP contribution in [0.3, 0.4) is 0 Å². The number of amides is 1. The van der Waals surface area contributed by atoms with Gasteiger partial charge in [0.05, 0.1) is 11.4 Å². The molecule has 0 aliphatic heterocycles. The van der Waals surface area contributed by atoms with E-state index in [9.17, 15) is 9.59 Å². The predicted octanol–water partition coefficient (Wildman–Crippen LogP) is 4.24. The summed E-state index contributed by atoms with van der Waals surface area (Å²) in [6.07, 6.45) is 1.22. The Morgan fingerprint density at radius 2 is 1.79 bits per heavy atom. The molecule has 1 aliphatic carbocycles. The van der Waals surface area contributed by atoms with Crippen molar-refractivity contribution >= 4 is 17.6 Å². The molecule has 1 amide bonds. The minimum Gasteiger partial charge on any atom is -0.448 e. The molecule has 148 valence electrons. The zero-order valence-corrected chi connectivity index (χ0v) is 16.5. The van der Waals surface area contributed by atoms with E-state index in [1.165, 1.54) is 0 Å². The van der Waals surface area contributed by atoms with E-state index < -0.39 is 12.1 Å². The van der Waals surface area contributed by atoms with Crippen molar-refractivity contribution in [3.05, 3.63) is 77.6 Å². The van der Waals surface area contributed by atoms with Crippen LogP contribution in [0, 0.1) is 6.92 Å². The van der Waals surface area contributed by atoms with E-state index in [1.54, 1.807) is 17.7 Å². The summed E-state index contributed by atoms with van der Waals surface area (Å²) in [5.74, 6) is -0.552. The normalized spacial score (nSPS) is 14.3. The second-order valence-corrected chi connectivity index (χ2v) is 7.38. The third-order valence-corrected chi connectivity index (χ3v) is 4.91. The molecule has 6 heteroatoms. The Balaban J connectivity index is 1.50. The molecule has 0 spiro atoms. The van der Waals surface area contributed by atoms with E-state index >= 15 is 0 Å². The SMILES string of the molecule is Cc1ccc(NC(=O)[C@@H](C)OC(=O)c2cc(C3CC3)nn2-c2ccccc2)cc1. The van der Waals surface area contributed by atoms with Crippen LogP contribution in [0.25, 0.3) is 5.69 Å². The first-order valence-corrected chi connectivity index (χ1v) is 9.75. The average molecular weight is 389 g/mol. The zero-order valence-electron chi connectivity index (χ0n) is 16.5. The quantitative estimate of drug-likeness (QED) is 0.640. The number of nitrogens with one attached hydrogen (secondary N) is 1. The van der Waals surface area contributed by atoms with Gasteiger partial charge in [-0.25, -0.2) is 9.48 Å². The van der Waals surface area contributed by atoms with E-state index in [-0.39, 0.29) is 5.91 Å². The van der Waals surface area contributed by atoms with E-state index in [0.29, 0.717) is 17.3 Å². The highest BCUT2D eigenvalue weighted by atomic mass is 16.5. The molecule has 1 fully saturated rings. The van der Waals surface area contributed by atoms with Crippen LogP contribution in [0.5, 0.6) is 0 Å². The molecule has 0 unspecified atom stereocenters. The van der Waals surface area contributed by atoms with Crippen LogP contribution >= 0.6 is 0 Å². The third-order valence-electron chi connectivity index (χ3n) is 4.91. The number of rotatable bonds is 6. The number of benzene rings is 2. The number of carbonyl (C=O) groups excluding carboxylic acids is 2. The van der Waals surface area contributed by atoms with Crippen LogP contribution in [-0.2, 0) is 9.53 Å². The van der Waals surface area contributed by atoms with Crippen molar-refractivity contribution in [1.29, 1.82) is 0 Å². The summed E-state index contributed by atoms with van der Waals surface area (Å²) >= 11 is 0. The molecule has 0 saturated heterocycles. The molecule has 29 heavy (non-hydrogen) atoms. The van der Waals surface area contributed by atoms with Crippen molar-refractivity contribution < 1.29 is 14.3 Å². The van der Waals surface area contributed by atoms with Gasteiger partial charge in [-0.05, 0) is 57.0 Å². The summed E-state index contributed by atoms with van der Waals surface area (Å²) in [4.78, 5) is 25.3. The summed E-state index contributed by atoms with van der Waals surface area (Å²) < 4.78 is 7.06. The Hall–Kier alpha value is -3.41. The van der Waals surface area contributed by atoms with Crippen LogP contribution in [0.2, 0.25) is 0 Å². The average Bonchev–Trinajstić information content (AvgIpc) is 3.48. The van der Waals surface area contributed by atoms with Crippen molar-refractivity contribution in [3.63, 3.8) is 0 Å². The topological polar surface area (TPSA) is 73.2 Å². The van der Waals surface area contributed by atoms with Gasteiger partial charge in [0.2, 0.25) is 0 Å². The van der Waals surface area contributed by atoms with Gasteiger partial charge < -0.3 is 10.1 Å². The van der Waals surface area contributed by atoms with Gasteiger partial charge in [0.15, 0.2) is 11.8 Å². The van der Waals surface area contributed by atoms with Gasteiger partial charge >= 0.3 is 5.97 Å². The van der Waals surface area contributed by atoms with Crippen LogP contribution in [0.1, 0.15) is 47.4 Å². The Morgan fingerprint density at radius 3 is 2.45 bits per heavy atom. The summed E-state index contributed by atoms with van der Waals surface area (Å²) in [5, 5.41) is 7.37. The Bertz CT molecular complexity index is 1020. The zero-order chi connectivity index (χ0) is 20.4. The number of esters is 1. The van der Waals surface area contributed by atoms with Crippen molar-refractivity contribution in [2.24, 2.45) is 0 Å². The maximum absolute atomic E-state index is 12.8. The second-order valence-electron chi connectivity index (χ2n) is 7.38. The van der Waals surface area contributed by atoms with Gasteiger partial charge in [0, 0.05) is 11.6 Å². The molecule has 6 nitrogen and oxygen atoms in total. The Kier molecular flexibility index (Phi) is 5.16. The summed E-state index contributed by atoms with van der Waals surface area (Å²) in [7, 11) is 0. The minimum atomic E-state index is -0.938. The van der Waals surface area contributed by atoms with E-state index in [1.807, 2.05) is 61.5 Å². The molecule has 1 aromatic heterocycles. The molecule has 1 atom stereocenters. The number of ether oxygens (including phenoxy) is 1. The van der Waals surface area contributed by atoms with Crippen molar-refractivity contribution in [1.82, 2.24) is 9.78 Å². The number of anilines is 1. The van der Waals surface area contributed by atoms with E-state index in [2.05, 4.69) is 10.4 Å². The molecule has 1 aliphatic rings. The number of carbonyl (C=O) groups is 2. The maximum atomic E-state index is 12.8. The molecular formula is C23H23N3O3. The van der Waals surface area contributed by atoms with Crippen molar-refractivity contribution in [3.8, 4) is 5.69 Å². The first-order chi connectivity index (χ1) is 14.0. The molecular weight excluding hydrogens is 366 g/mol. The number of nitrogens with zero attached hydrogens (tertiary/aromatic N) is 2. The number of para-hydroxylation sites is 1. The molecule has 3 aromatic rings. The first-order valence-electron chi connectivity index (χ1n) is 9.75. The maximum Gasteiger partial charge on any atom is 0.357 e. The highest BCUT2D eigenvalue weighted by molar-refractivity contribution is 5.97. The first kappa shape index (κ1) is 18.9. The molecule has 2 aromatic carbocycles. The lowest BCUT2D eigenvalue weighted by Crippen LogP contribution is -2.30. The van der Waals surface area contributed by atoms with Gasteiger partial charge in [-0.1, -0.05) is 35.9 Å². The molecule has 1 N–H and O–H groups in total. The van der Waals surface area contributed by atoms with Gasteiger partial charge in [0.1, 0.15) is 0 Å². The van der Waals surface area contributed by atoms with Crippen LogP contribution in [0.15, 0.2) is 60.7 Å². The van der Waals surface area contributed by atoms with Gasteiger partial charge in [0.25, 0.3) is 5.91 Å². The van der Waals surface area contributed by atoms with Crippen molar-refractivity contribution in [2.45, 2.75) is 38.7 Å². The molecule has 1 saturated carbocycles. The summed E-state index contributed by atoms with van der Waals surface area (Å²) in [6.45, 7) is 3.54. The number of aryl methyl sites for hydroxylation is 1. The molecule has 0 bridgehead atoms. The molecule has 1 heterocycles. The van der Waals surface area contributed by atoms with E-state index in [0.717, 1.165) is 29.8 Å². The Morgan fingerprint density at radius 1 is 1.10 bits per heavy atom. The Labute approximate surface area is 169 Å². The lowest BCUT2D eigenvalue weighted by atomic mass is 10.2. The predicted molar refractivity (Wildman–Crippen MR) is 110 cm³/mol. The number of hydrogen-bond acceptors (Lipinski definition) is 4. The fourth-order valence-electron chi connectivity index (χ4n) is 3.04. The summed E-state index contributed by atoms with van der Waals surface area (Å²) in [5.41, 5.74) is 3.76. The monoisotopic (exact) mass is 389 g/mol. The van der Waals surface area contributed by atoms with Crippen LogP contribution in [-0.4, -0.2) is 27.8 Å².